The van der Waals surface area contributed by atoms with E-state index in [0.29, 0.717) is 0 Å². The van der Waals surface area contributed by atoms with Crippen LogP contribution >= 0.6 is 0 Å². The molecule has 1 aliphatic carbocycles. The molecule has 0 aliphatic heterocycles. The average Bonchev–Trinajstić information content (AvgIpc) is 2.22. The highest BCUT2D eigenvalue weighted by Crippen LogP contribution is 2.28. The van der Waals surface area contributed by atoms with Crippen molar-refractivity contribution in [1.29, 1.82) is 0 Å². The number of aliphatic hydroxyl groups is 1. The molecule has 0 saturated heterocycles. The highest BCUT2D eigenvalue weighted by atomic mass is 16.3. The van der Waals surface area contributed by atoms with Gasteiger partial charge in [0.25, 0.3) is 0 Å². The predicted molar refractivity (Wildman–Crippen MR) is 64.8 cm³/mol. The number of hydrogen-bond acceptors (Lipinski definition) is 2. The third-order valence-corrected chi connectivity index (χ3v) is 3.46. The molecule has 0 aromatic rings. The molecule has 1 fully saturated rings. The maximum absolute atomic E-state index is 8.96. The molecule has 0 unspecified atom stereocenters. The van der Waals surface area contributed by atoms with Gasteiger partial charge in [0.2, 0.25) is 0 Å². The van der Waals surface area contributed by atoms with Crippen molar-refractivity contribution in [1.82, 2.24) is 4.90 Å². The van der Waals surface area contributed by atoms with Crippen molar-refractivity contribution in [3.8, 4) is 0 Å². The van der Waals surface area contributed by atoms with E-state index >= 15 is 0 Å². The summed E-state index contributed by atoms with van der Waals surface area (Å²) in [5, 5.41) is 8.96. The van der Waals surface area contributed by atoms with Crippen LogP contribution in [0.3, 0.4) is 0 Å². The van der Waals surface area contributed by atoms with E-state index in [4.69, 9.17) is 5.11 Å². The second-order valence-electron chi connectivity index (χ2n) is 4.90. The smallest absolute Gasteiger partial charge is 0.0558 e. The van der Waals surface area contributed by atoms with Crippen molar-refractivity contribution in [2.75, 3.05) is 26.2 Å². The van der Waals surface area contributed by atoms with Gasteiger partial charge in [0, 0.05) is 19.6 Å². The van der Waals surface area contributed by atoms with Gasteiger partial charge in [0.15, 0.2) is 0 Å². The normalized spacial score (nSPS) is 26.9. The van der Waals surface area contributed by atoms with E-state index in [1.54, 1.807) is 0 Å². The minimum atomic E-state index is 0.261. The average molecular weight is 211 g/mol. The van der Waals surface area contributed by atoms with E-state index in [1.807, 2.05) is 6.08 Å². The molecule has 2 nitrogen and oxygen atoms in total. The SMILES string of the molecule is C=CCN(CCO)CC1CCC(C)CC1. The van der Waals surface area contributed by atoms with E-state index < -0.39 is 0 Å². The quantitative estimate of drug-likeness (QED) is 0.681. The summed E-state index contributed by atoms with van der Waals surface area (Å²) in [5.41, 5.74) is 0. The summed E-state index contributed by atoms with van der Waals surface area (Å²) in [5.74, 6) is 1.76. The van der Waals surface area contributed by atoms with Gasteiger partial charge in [-0.15, -0.1) is 6.58 Å². The lowest BCUT2D eigenvalue weighted by atomic mass is 9.83. The highest BCUT2D eigenvalue weighted by Gasteiger charge is 2.19. The van der Waals surface area contributed by atoms with Gasteiger partial charge in [-0.1, -0.05) is 25.8 Å². The molecule has 0 spiro atoms. The second-order valence-corrected chi connectivity index (χ2v) is 4.90. The maximum Gasteiger partial charge on any atom is 0.0558 e. The Kier molecular flexibility index (Phi) is 5.96. The molecule has 1 aliphatic rings. The van der Waals surface area contributed by atoms with Crippen LogP contribution in [0.15, 0.2) is 12.7 Å². The highest BCUT2D eigenvalue weighted by molar-refractivity contribution is 4.78. The van der Waals surface area contributed by atoms with Gasteiger partial charge in [0.1, 0.15) is 0 Å². The lowest BCUT2D eigenvalue weighted by Gasteiger charge is -2.30. The molecule has 0 radical (unpaired) electrons. The lowest BCUT2D eigenvalue weighted by molar-refractivity contribution is 0.163. The third-order valence-electron chi connectivity index (χ3n) is 3.46. The molecule has 2 heteroatoms. The topological polar surface area (TPSA) is 23.5 Å². The van der Waals surface area contributed by atoms with Crippen LogP contribution in [0.1, 0.15) is 32.6 Å². The molecule has 0 aromatic carbocycles. The minimum Gasteiger partial charge on any atom is -0.395 e. The minimum absolute atomic E-state index is 0.261. The Morgan fingerprint density at radius 2 is 2.00 bits per heavy atom. The molecule has 0 aromatic heterocycles. The largest absolute Gasteiger partial charge is 0.395 e. The maximum atomic E-state index is 8.96. The van der Waals surface area contributed by atoms with Crippen LogP contribution in [0.25, 0.3) is 0 Å². The Morgan fingerprint density at radius 3 is 2.53 bits per heavy atom. The first-order valence-electron chi connectivity index (χ1n) is 6.20. The van der Waals surface area contributed by atoms with E-state index in [1.165, 1.54) is 25.7 Å². The fraction of sp³-hybridized carbons (Fsp3) is 0.846. The van der Waals surface area contributed by atoms with Gasteiger partial charge in [-0.05, 0) is 24.7 Å². The number of rotatable bonds is 6. The lowest BCUT2D eigenvalue weighted by Crippen LogP contribution is -2.33. The summed E-state index contributed by atoms with van der Waals surface area (Å²) >= 11 is 0. The van der Waals surface area contributed by atoms with Crippen molar-refractivity contribution in [2.45, 2.75) is 32.6 Å². The molecular weight excluding hydrogens is 186 g/mol. The van der Waals surface area contributed by atoms with Gasteiger partial charge >= 0.3 is 0 Å². The van der Waals surface area contributed by atoms with Crippen LogP contribution in [0.4, 0.5) is 0 Å². The Balaban J connectivity index is 2.27. The van der Waals surface area contributed by atoms with Gasteiger partial charge in [-0.2, -0.15) is 0 Å². The fourth-order valence-corrected chi connectivity index (χ4v) is 2.46. The molecule has 0 heterocycles. The molecule has 1 rings (SSSR count). The molecule has 15 heavy (non-hydrogen) atoms. The van der Waals surface area contributed by atoms with Crippen molar-refractivity contribution in [3.05, 3.63) is 12.7 Å². The Morgan fingerprint density at radius 1 is 1.33 bits per heavy atom. The van der Waals surface area contributed by atoms with E-state index in [9.17, 15) is 0 Å². The number of hydrogen-bond donors (Lipinski definition) is 1. The Labute approximate surface area is 94.0 Å². The second kappa shape index (κ2) is 7.02. The van der Waals surface area contributed by atoms with Crippen LogP contribution < -0.4 is 0 Å². The first-order valence-corrected chi connectivity index (χ1v) is 6.20. The van der Waals surface area contributed by atoms with Crippen LogP contribution in [-0.2, 0) is 0 Å². The zero-order valence-corrected chi connectivity index (χ0v) is 9.99. The molecular formula is C13H25NO. The van der Waals surface area contributed by atoms with Crippen molar-refractivity contribution in [3.63, 3.8) is 0 Å². The summed E-state index contributed by atoms with van der Waals surface area (Å²) in [6.07, 6.45) is 7.42. The molecule has 88 valence electrons. The molecule has 0 atom stereocenters. The number of aliphatic hydroxyl groups excluding tert-OH is 1. The molecule has 0 bridgehead atoms. The van der Waals surface area contributed by atoms with E-state index in [-0.39, 0.29) is 6.61 Å². The summed E-state index contributed by atoms with van der Waals surface area (Å²) in [7, 11) is 0. The van der Waals surface area contributed by atoms with Crippen molar-refractivity contribution >= 4 is 0 Å². The molecule has 1 saturated carbocycles. The first kappa shape index (κ1) is 12.7. The zero-order chi connectivity index (χ0) is 11.1. The van der Waals surface area contributed by atoms with E-state index in [2.05, 4.69) is 18.4 Å². The standard InChI is InChI=1S/C13H25NO/c1-3-8-14(9-10-15)11-13-6-4-12(2)5-7-13/h3,12-13,15H,1,4-11H2,2H3. The number of nitrogens with zero attached hydrogens (tertiary/aromatic N) is 1. The van der Waals surface area contributed by atoms with Gasteiger partial charge in [0.05, 0.1) is 6.61 Å². The predicted octanol–water partition coefficient (Wildman–Crippen LogP) is 2.29. The van der Waals surface area contributed by atoms with Gasteiger partial charge in [-0.3, -0.25) is 4.90 Å². The summed E-state index contributed by atoms with van der Waals surface area (Å²) in [4.78, 5) is 2.31. The zero-order valence-electron chi connectivity index (χ0n) is 9.99. The van der Waals surface area contributed by atoms with Crippen LogP contribution in [0, 0.1) is 11.8 Å². The fourth-order valence-electron chi connectivity index (χ4n) is 2.46. The molecule has 1 N–H and O–H groups in total. The first-order chi connectivity index (χ1) is 7.26. The van der Waals surface area contributed by atoms with Crippen molar-refractivity contribution < 1.29 is 5.11 Å². The Bertz CT molecular complexity index is 173. The summed E-state index contributed by atoms with van der Waals surface area (Å²) in [6.45, 7) is 9.22. The summed E-state index contributed by atoms with van der Waals surface area (Å²) in [6, 6.07) is 0. The third kappa shape index (κ3) is 4.80. The Hall–Kier alpha value is -0.340. The van der Waals surface area contributed by atoms with Crippen LogP contribution in [-0.4, -0.2) is 36.2 Å². The monoisotopic (exact) mass is 211 g/mol. The van der Waals surface area contributed by atoms with Crippen molar-refractivity contribution in [2.24, 2.45) is 11.8 Å². The van der Waals surface area contributed by atoms with Crippen LogP contribution in [0.2, 0.25) is 0 Å². The molecule has 0 amide bonds. The van der Waals surface area contributed by atoms with Gasteiger partial charge < -0.3 is 5.11 Å². The van der Waals surface area contributed by atoms with Crippen LogP contribution in [0.5, 0.6) is 0 Å². The van der Waals surface area contributed by atoms with Gasteiger partial charge in [-0.25, -0.2) is 0 Å². The van der Waals surface area contributed by atoms with E-state index in [0.717, 1.165) is 31.5 Å². The summed E-state index contributed by atoms with van der Waals surface area (Å²) < 4.78 is 0.